The van der Waals surface area contributed by atoms with Crippen LogP contribution in [-0.4, -0.2) is 20.3 Å². The number of benzene rings is 1. The number of hydrogen-bond donors (Lipinski definition) is 1. The maximum absolute atomic E-state index is 5.56. The van der Waals surface area contributed by atoms with Crippen LogP contribution >= 0.6 is 0 Å². The number of rotatable bonds is 8. The Balaban J connectivity index is 2.44. The van der Waals surface area contributed by atoms with E-state index in [2.05, 4.69) is 49.5 Å². The quantitative estimate of drug-likeness (QED) is 0.697. The van der Waals surface area contributed by atoms with E-state index in [1.165, 1.54) is 5.56 Å². The summed E-state index contributed by atoms with van der Waals surface area (Å²) in [5.74, 6) is 0.583. The Morgan fingerprint density at radius 2 is 1.88 bits per heavy atom. The molecule has 1 rings (SSSR count). The molecule has 0 fully saturated rings. The van der Waals surface area contributed by atoms with Crippen molar-refractivity contribution in [1.82, 2.24) is 5.32 Å². The Hall–Kier alpha value is -0.860. The van der Waals surface area contributed by atoms with Gasteiger partial charge in [0.1, 0.15) is 0 Å². The molecular formula is C15H25NO. The fourth-order valence-electron chi connectivity index (χ4n) is 2.12. The molecule has 2 unspecified atom stereocenters. The lowest BCUT2D eigenvalue weighted by molar-refractivity contribution is 0.117. The second kappa shape index (κ2) is 8.26. The molecule has 1 N–H and O–H groups in total. The van der Waals surface area contributed by atoms with Crippen LogP contribution in [0, 0.1) is 5.92 Å². The lowest BCUT2D eigenvalue weighted by Crippen LogP contribution is -2.24. The molecule has 96 valence electrons. The fraction of sp³-hybridized carbons (Fsp3) is 0.600. The van der Waals surface area contributed by atoms with Crippen LogP contribution < -0.4 is 5.32 Å². The van der Waals surface area contributed by atoms with Crippen molar-refractivity contribution in [2.24, 2.45) is 5.92 Å². The molecule has 0 saturated carbocycles. The van der Waals surface area contributed by atoms with Crippen LogP contribution in [0.1, 0.15) is 38.3 Å². The van der Waals surface area contributed by atoms with Gasteiger partial charge in [0.15, 0.2) is 0 Å². The smallest absolute Gasteiger partial charge is 0.0469 e. The summed E-state index contributed by atoms with van der Waals surface area (Å²) >= 11 is 0. The second-order valence-corrected chi connectivity index (χ2v) is 4.56. The van der Waals surface area contributed by atoms with Crippen LogP contribution in [0.3, 0.4) is 0 Å². The third-order valence-electron chi connectivity index (χ3n) is 3.10. The molecule has 2 atom stereocenters. The summed E-state index contributed by atoms with van der Waals surface area (Å²) in [5, 5.41) is 3.40. The predicted octanol–water partition coefficient (Wildman–Crippen LogP) is 3.40. The summed E-state index contributed by atoms with van der Waals surface area (Å²) in [6, 6.07) is 11.0. The fourth-order valence-corrected chi connectivity index (χ4v) is 2.12. The van der Waals surface area contributed by atoms with Crippen LogP contribution in [0.4, 0.5) is 0 Å². The standard InChI is InChI=1S/C15H25NO/c1-4-11-17-12-10-13(2)15(16-3)14-8-6-5-7-9-14/h5-9,13,15-16H,4,10-12H2,1-3H3. The number of nitrogens with one attached hydrogen (secondary N) is 1. The van der Waals surface area contributed by atoms with Crippen LogP contribution in [0.2, 0.25) is 0 Å². The van der Waals surface area contributed by atoms with Gasteiger partial charge in [-0.25, -0.2) is 0 Å². The van der Waals surface area contributed by atoms with E-state index in [4.69, 9.17) is 4.74 Å². The molecule has 2 nitrogen and oxygen atoms in total. The first-order valence-corrected chi connectivity index (χ1v) is 6.59. The van der Waals surface area contributed by atoms with Crippen molar-refractivity contribution in [1.29, 1.82) is 0 Å². The summed E-state index contributed by atoms with van der Waals surface area (Å²) in [6.45, 7) is 6.16. The third-order valence-corrected chi connectivity index (χ3v) is 3.10. The maximum Gasteiger partial charge on any atom is 0.0469 e. The lowest BCUT2D eigenvalue weighted by atomic mass is 9.92. The van der Waals surface area contributed by atoms with Crippen LogP contribution in [-0.2, 0) is 4.74 Å². The average Bonchev–Trinajstić information content (AvgIpc) is 2.37. The Morgan fingerprint density at radius 3 is 2.47 bits per heavy atom. The maximum atomic E-state index is 5.56. The molecule has 0 amide bonds. The molecule has 1 aromatic rings. The topological polar surface area (TPSA) is 21.3 Å². The van der Waals surface area contributed by atoms with Crippen molar-refractivity contribution in [3.05, 3.63) is 35.9 Å². The van der Waals surface area contributed by atoms with E-state index >= 15 is 0 Å². The molecule has 0 aliphatic heterocycles. The van der Waals surface area contributed by atoms with Crippen molar-refractivity contribution >= 4 is 0 Å². The summed E-state index contributed by atoms with van der Waals surface area (Å²) in [5.41, 5.74) is 1.36. The van der Waals surface area contributed by atoms with Gasteiger partial charge < -0.3 is 10.1 Å². The highest BCUT2D eigenvalue weighted by molar-refractivity contribution is 5.19. The normalized spacial score (nSPS) is 14.5. The molecular weight excluding hydrogens is 210 g/mol. The Labute approximate surface area is 105 Å². The van der Waals surface area contributed by atoms with Gasteiger partial charge >= 0.3 is 0 Å². The molecule has 0 aromatic heterocycles. The van der Waals surface area contributed by atoms with Crippen molar-refractivity contribution in [3.63, 3.8) is 0 Å². The van der Waals surface area contributed by atoms with E-state index in [-0.39, 0.29) is 0 Å². The summed E-state index contributed by atoms with van der Waals surface area (Å²) in [4.78, 5) is 0. The highest BCUT2D eigenvalue weighted by Gasteiger charge is 2.16. The van der Waals surface area contributed by atoms with Crippen molar-refractivity contribution in [2.45, 2.75) is 32.7 Å². The van der Waals surface area contributed by atoms with Crippen molar-refractivity contribution in [2.75, 3.05) is 20.3 Å². The summed E-state index contributed by atoms with van der Waals surface area (Å²) in [6.07, 6.45) is 2.20. The number of hydrogen-bond acceptors (Lipinski definition) is 2. The van der Waals surface area contributed by atoms with Crippen molar-refractivity contribution < 1.29 is 4.74 Å². The summed E-state index contributed by atoms with van der Waals surface area (Å²) < 4.78 is 5.56. The second-order valence-electron chi connectivity index (χ2n) is 4.56. The van der Waals surface area contributed by atoms with E-state index < -0.39 is 0 Å². The molecule has 0 saturated heterocycles. The first kappa shape index (κ1) is 14.2. The van der Waals surface area contributed by atoms with Gasteiger partial charge in [0.2, 0.25) is 0 Å². The molecule has 0 spiro atoms. The van der Waals surface area contributed by atoms with Gasteiger partial charge in [-0.15, -0.1) is 0 Å². The molecule has 0 aliphatic carbocycles. The van der Waals surface area contributed by atoms with Gasteiger partial charge in [0, 0.05) is 19.3 Å². The highest BCUT2D eigenvalue weighted by Crippen LogP contribution is 2.23. The zero-order valence-electron chi connectivity index (χ0n) is 11.3. The van der Waals surface area contributed by atoms with Gasteiger partial charge in [-0.2, -0.15) is 0 Å². The van der Waals surface area contributed by atoms with E-state index in [0.29, 0.717) is 12.0 Å². The average molecular weight is 235 g/mol. The van der Waals surface area contributed by atoms with Crippen LogP contribution in [0.5, 0.6) is 0 Å². The Bertz CT molecular complexity index is 286. The minimum absolute atomic E-state index is 0.418. The van der Waals surface area contributed by atoms with Crippen molar-refractivity contribution in [3.8, 4) is 0 Å². The van der Waals surface area contributed by atoms with Gasteiger partial charge in [-0.05, 0) is 31.4 Å². The summed E-state index contributed by atoms with van der Waals surface area (Å²) in [7, 11) is 2.03. The van der Waals surface area contributed by atoms with E-state index in [1.54, 1.807) is 0 Å². The zero-order valence-corrected chi connectivity index (χ0v) is 11.3. The third kappa shape index (κ3) is 4.88. The van der Waals surface area contributed by atoms with Gasteiger partial charge in [0.05, 0.1) is 0 Å². The zero-order chi connectivity index (χ0) is 12.5. The van der Waals surface area contributed by atoms with Crippen LogP contribution in [0.15, 0.2) is 30.3 Å². The minimum Gasteiger partial charge on any atom is -0.381 e. The minimum atomic E-state index is 0.418. The van der Waals surface area contributed by atoms with Gasteiger partial charge in [0.25, 0.3) is 0 Å². The largest absolute Gasteiger partial charge is 0.381 e. The lowest BCUT2D eigenvalue weighted by Gasteiger charge is -2.24. The monoisotopic (exact) mass is 235 g/mol. The first-order chi connectivity index (χ1) is 8.29. The molecule has 1 aromatic carbocycles. The molecule has 2 heteroatoms. The molecule has 17 heavy (non-hydrogen) atoms. The molecule has 0 radical (unpaired) electrons. The van der Waals surface area contributed by atoms with E-state index in [9.17, 15) is 0 Å². The Kier molecular flexibility index (Phi) is 6.90. The number of ether oxygens (including phenoxy) is 1. The molecule has 0 heterocycles. The molecule has 0 bridgehead atoms. The Morgan fingerprint density at radius 1 is 1.18 bits per heavy atom. The van der Waals surface area contributed by atoms with Gasteiger partial charge in [-0.1, -0.05) is 44.2 Å². The highest BCUT2D eigenvalue weighted by atomic mass is 16.5. The van der Waals surface area contributed by atoms with Gasteiger partial charge in [-0.3, -0.25) is 0 Å². The predicted molar refractivity (Wildman–Crippen MR) is 73.1 cm³/mol. The van der Waals surface area contributed by atoms with E-state index in [0.717, 1.165) is 26.1 Å². The van der Waals surface area contributed by atoms with E-state index in [1.807, 2.05) is 7.05 Å². The van der Waals surface area contributed by atoms with Crippen LogP contribution in [0.25, 0.3) is 0 Å². The first-order valence-electron chi connectivity index (χ1n) is 6.59. The molecule has 0 aliphatic rings. The SMILES string of the molecule is CCCOCCC(C)C(NC)c1ccccc1.